The molecule has 5 heteroatoms. The number of carbonyl (C=O) groups excluding carboxylic acids is 1. The quantitative estimate of drug-likeness (QED) is 0.813. The topological polar surface area (TPSA) is 70.7 Å². The van der Waals surface area contributed by atoms with Crippen LogP contribution in [0.25, 0.3) is 11.0 Å². The first-order valence-corrected chi connectivity index (χ1v) is 6.17. The zero-order valence-corrected chi connectivity index (χ0v) is 11.2. The van der Waals surface area contributed by atoms with E-state index >= 15 is 0 Å². The number of nitrogens with one attached hydrogen (secondary N) is 2. The SMILES string of the molecule is CCc1[nH]c2nc(C)nc(NC(C)C)c2c1C=O. The molecule has 0 bridgehead atoms. The molecule has 0 saturated carbocycles. The Morgan fingerprint density at radius 3 is 2.67 bits per heavy atom. The van der Waals surface area contributed by atoms with Crippen LogP contribution < -0.4 is 5.32 Å². The summed E-state index contributed by atoms with van der Waals surface area (Å²) in [6.45, 7) is 7.93. The molecular formula is C13H18N4O. The Labute approximate surface area is 106 Å². The van der Waals surface area contributed by atoms with Crippen LogP contribution in [-0.4, -0.2) is 27.3 Å². The molecule has 2 aromatic heterocycles. The molecular weight excluding hydrogens is 228 g/mol. The van der Waals surface area contributed by atoms with Crippen molar-refractivity contribution in [2.24, 2.45) is 0 Å². The summed E-state index contributed by atoms with van der Waals surface area (Å²) in [4.78, 5) is 23.2. The van der Waals surface area contributed by atoms with Crippen molar-refractivity contribution in [2.75, 3.05) is 5.32 Å². The molecule has 0 aliphatic heterocycles. The molecule has 0 aliphatic carbocycles. The minimum Gasteiger partial charge on any atom is -0.367 e. The molecule has 0 aromatic carbocycles. The maximum Gasteiger partial charge on any atom is 0.152 e. The van der Waals surface area contributed by atoms with Gasteiger partial charge in [0.15, 0.2) is 6.29 Å². The second-order valence-electron chi connectivity index (χ2n) is 4.63. The summed E-state index contributed by atoms with van der Waals surface area (Å²) < 4.78 is 0. The highest BCUT2D eigenvalue weighted by atomic mass is 16.1. The minimum atomic E-state index is 0.252. The van der Waals surface area contributed by atoms with Crippen LogP contribution in [0.15, 0.2) is 0 Å². The summed E-state index contributed by atoms with van der Waals surface area (Å²) in [6, 6.07) is 0.252. The van der Waals surface area contributed by atoms with Crippen molar-refractivity contribution in [3.05, 3.63) is 17.1 Å². The molecule has 2 rings (SSSR count). The van der Waals surface area contributed by atoms with Crippen LogP contribution in [-0.2, 0) is 6.42 Å². The molecule has 2 heterocycles. The lowest BCUT2D eigenvalue weighted by molar-refractivity contribution is 0.112. The minimum absolute atomic E-state index is 0.252. The fourth-order valence-corrected chi connectivity index (χ4v) is 2.07. The van der Waals surface area contributed by atoms with E-state index in [0.717, 1.165) is 35.3 Å². The summed E-state index contributed by atoms with van der Waals surface area (Å²) in [6.07, 6.45) is 1.65. The average molecular weight is 246 g/mol. The van der Waals surface area contributed by atoms with Crippen molar-refractivity contribution in [1.82, 2.24) is 15.0 Å². The van der Waals surface area contributed by atoms with E-state index in [2.05, 4.69) is 20.3 Å². The van der Waals surface area contributed by atoms with Gasteiger partial charge in [-0.1, -0.05) is 6.92 Å². The zero-order chi connectivity index (χ0) is 13.3. The summed E-state index contributed by atoms with van der Waals surface area (Å²) in [5.41, 5.74) is 2.30. The molecule has 18 heavy (non-hydrogen) atoms. The van der Waals surface area contributed by atoms with E-state index < -0.39 is 0 Å². The second-order valence-corrected chi connectivity index (χ2v) is 4.63. The van der Waals surface area contributed by atoms with Gasteiger partial charge >= 0.3 is 0 Å². The van der Waals surface area contributed by atoms with Gasteiger partial charge in [0.25, 0.3) is 0 Å². The lowest BCUT2D eigenvalue weighted by Gasteiger charge is -2.10. The molecule has 0 unspecified atom stereocenters. The first-order chi connectivity index (χ1) is 8.56. The van der Waals surface area contributed by atoms with Crippen LogP contribution in [0, 0.1) is 6.92 Å². The Morgan fingerprint density at radius 2 is 2.11 bits per heavy atom. The Morgan fingerprint density at radius 1 is 1.39 bits per heavy atom. The molecule has 0 radical (unpaired) electrons. The number of hydrogen-bond donors (Lipinski definition) is 2. The third-order valence-electron chi connectivity index (χ3n) is 2.78. The van der Waals surface area contributed by atoms with Gasteiger partial charge in [-0.25, -0.2) is 9.97 Å². The summed E-state index contributed by atoms with van der Waals surface area (Å²) in [5.74, 6) is 1.41. The van der Waals surface area contributed by atoms with Gasteiger partial charge < -0.3 is 10.3 Å². The number of aromatic nitrogens is 3. The van der Waals surface area contributed by atoms with Crippen LogP contribution in [0.5, 0.6) is 0 Å². The normalized spacial score (nSPS) is 11.2. The van der Waals surface area contributed by atoms with Crippen molar-refractivity contribution in [3.8, 4) is 0 Å². The lowest BCUT2D eigenvalue weighted by Crippen LogP contribution is -2.12. The predicted molar refractivity (Wildman–Crippen MR) is 72.1 cm³/mol. The van der Waals surface area contributed by atoms with Gasteiger partial charge in [-0.15, -0.1) is 0 Å². The van der Waals surface area contributed by atoms with Crippen molar-refractivity contribution in [2.45, 2.75) is 40.2 Å². The van der Waals surface area contributed by atoms with Crippen molar-refractivity contribution < 1.29 is 4.79 Å². The van der Waals surface area contributed by atoms with Crippen LogP contribution in [0.3, 0.4) is 0 Å². The Balaban J connectivity index is 2.74. The molecule has 2 N–H and O–H groups in total. The third-order valence-corrected chi connectivity index (χ3v) is 2.78. The van der Waals surface area contributed by atoms with Crippen molar-refractivity contribution in [1.29, 1.82) is 0 Å². The number of anilines is 1. The smallest absolute Gasteiger partial charge is 0.152 e. The maximum absolute atomic E-state index is 11.3. The summed E-state index contributed by atoms with van der Waals surface area (Å²) in [7, 11) is 0. The van der Waals surface area contributed by atoms with Crippen molar-refractivity contribution in [3.63, 3.8) is 0 Å². The fraction of sp³-hybridized carbons (Fsp3) is 0.462. The molecule has 2 aromatic rings. The number of carbonyl (C=O) groups is 1. The van der Waals surface area contributed by atoms with E-state index in [9.17, 15) is 4.79 Å². The monoisotopic (exact) mass is 246 g/mol. The Bertz CT molecular complexity index is 586. The molecule has 0 amide bonds. The Hall–Kier alpha value is -1.91. The van der Waals surface area contributed by atoms with Gasteiger partial charge in [-0.05, 0) is 27.2 Å². The number of H-pyrrole nitrogens is 1. The Kier molecular flexibility index (Phi) is 3.32. The van der Waals surface area contributed by atoms with Crippen LogP contribution in [0.4, 0.5) is 5.82 Å². The third kappa shape index (κ3) is 2.08. The standard InChI is InChI=1S/C13H18N4O/c1-5-10-9(6-18)11-12(14-7(2)3)15-8(4)16-13(11)17-10/h6-7H,5H2,1-4H3,(H2,14,15,16,17). The van der Waals surface area contributed by atoms with E-state index in [1.54, 1.807) is 0 Å². The van der Waals surface area contributed by atoms with Gasteiger partial charge in [0, 0.05) is 17.3 Å². The lowest BCUT2D eigenvalue weighted by atomic mass is 10.1. The number of hydrogen-bond acceptors (Lipinski definition) is 4. The number of fused-ring (bicyclic) bond motifs is 1. The number of nitrogens with zero attached hydrogens (tertiary/aromatic N) is 2. The first kappa shape index (κ1) is 12.5. The van der Waals surface area contributed by atoms with Crippen LogP contribution in [0.1, 0.15) is 42.6 Å². The predicted octanol–water partition coefficient (Wildman–Crippen LogP) is 2.46. The van der Waals surface area contributed by atoms with Gasteiger partial charge in [0.1, 0.15) is 17.3 Å². The largest absolute Gasteiger partial charge is 0.367 e. The molecule has 0 saturated heterocycles. The molecule has 0 fully saturated rings. The summed E-state index contributed by atoms with van der Waals surface area (Å²) >= 11 is 0. The van der Waals surface area contributed by atoms with Gasteiger partial charge in [-0.2, -0.15) is 0 Å². The van der Waals surface area contributed by atoms with E-state index in [0.29, 0.717) is 11.4 Å². The van der Waals surface area contributed by atoms with E-state index in [1.165, 1.54) is 0 Å². The number of aromatic amines is 1. The molecule has 0 atom stereocenters. The van der Waals surface area contributed by atoms with Gasteiger partial charge in [0.05, 0.1) is 5.39 Å². The van der Waals surface area contributed by atoms with Crippen LogP contribution in [0.2, 0.25) is 0 Å². The molecule has 0 aliphatic rings. The van der Waals surface area contributed by atoms with Gasteiger partial charge in [0.2, 0.25) is 0 Å². The molecule has 5 nitrogen and oxygen atoms in total. The maximum atomic E-state index is 11.3. The fourth-order valence-electron chi connectivity index (χ4n) is 2.07. The number of rotatable bonds is 4. The second kappa shape index (κ2) is 4.76. The summed E-state index contributed by atoms with van der Waals surface area (Å²) in [5, 5.41) is 4.06. The highest BCUT2D eigenvalue weighted by molar-refractivity contribution is 6.03. The number of aldehydes is 1. The average Bonchev–Trinajstić information content (AvgIpc) is 2.65. The van der Waals surface area contributed by atoms with Gasteiger partial charge in [-0.3, -0.25) is 4.79 Å². The molecule has 0 spiro atoms. The highest BCUT2D eigenvalue weighted by Crippen LogP contribution is 2.26. The van der Waals surface area contributed by atoms with E-state index in [-0.39, 0.29) is 6.04 Å². The van der Waals surface area contributed by atoms with Crippen LogP contribution >= 0.6 is 0 Å². The molecule has 96 valence electrons. The number of aryl methyl sites for hydroxylation is 2. The highest BCUT2D eigenvalue weighted by Gasteiger charge is 2.16. The van der Waals surface area contributed by atoms with E-state index in [4.69, 9.17) is 0 Å². The van der Waals surface area contributed by atoms with Crippen molar-refractivity contribution >= 4 is 23.1 Å². The zero-order valence-electron chi connectivity index (χ0n) is 11.2. The van der Waals surface area contributed by atoms with E-state index in [1.807, 2.05) is 27.7 Å². The first-order valence-electron chi connectivity index (χ1n) is 6.17.